The number of hydrogen-bond acceptors (Lipinski definition) is 4. The normalized spacial score (nSPS) is 12.5. The van der Waals surface area contributed by atoms with E-state index >= 15 is 0 Å². The Morgan fingerprint density at radius 2 is 1.93 bits per heavy atom. The van der Waals surface area contributed by atoms with Gasteiger partial charge in [0.1, 0.15) is 11.3 Å². The molecule has 146 valence electrons. The van der Waals surface area contributed by atoms with E-state index in [0.717, 1.165) is 11.0 Å². The van der Waals surface area contributed by atoms with Crippen LogP contribution in [0.4, 0.5) is 8.78 Å². The molecule has 7 heteroatoms. The van der Waals surface area contributed by atoms with E-state index in [1.807, 2.05) is 37.3 Å². The fraction of sp³-hybridized carbons (Fsp3) is 0.190. The standard InChI is InChI=1S/C21H19F2NO4/c1-13(18-12-15-5-3-4-6-16(15)27-18)24-20(25)10-8-14-7-9-17(28-21(22)23)19(11-14)26-2/h3-13,21H,1-2H3,(H,24,25)/b10-8+. The summed E-state index contributed by atoms with van der Waals surface area (Å²) in [6.07, 6.45) is 2.90. The van der Waals surface area contributed by atoms with Crippen LogP contribution in [-0.4, -0.2) is 19.6 Å². The molecule has 1 atom stereocenters. The van der Waals surface area contributed by atoms with E-state index in [9.17, 15) is 13.6 Å². The monoisotopic (exact) mass is 387 g/mol. The summed E-state index contributed by atoms with van der Waals surface area (Å²) in [4.78, 5) is 12.2. The van der Waals surface area contributed by atoms with Crippen molar-refractivity contribution in [3.05, 3.63) is 65.9 Å². The van der Waals surface area contributed by atoms with E-state index in [1.54, 1.807) is 12.1 Å². The lowest BCUT2D eigenvalue weighted by molar-refractivity contribution is -0.117. The van der Waals surface area contributed by atoms with Gasteiger partial charge in [0.05, 0.1) is 13.2 Å². The van der Waals surface area contributed by atoms with Gasteiger partial charge in [0.25, 0.3) is 0 Å². The Balaban J connectivity index is 1.65. The summed E-state index contributed by atoms with van der Waals surface area (Å²) in [5.41, 5.74) is 1.36. The maximum atomic E-state index is 12.4. The van der Waals surface area contributed by atoms with Crippen molar-refractivity contribution in [3.63, 3.8) is 0 Å². The average Bonchev–Trinajstić information content (AvgIpc) is 3.11. The zero-order valence-electron chi connectivity index (χ0n) is 15.3. The Hall–Kier alpha value is -3.35. The maximum Gasteiger partial charge on any atom is 0.387 e. The summed E-state index contributed by atoms with van der Waals surface area (Å²) in [5.74, 6) is 0.411. The van der Waals surface area contributed by atoms with Crippen LogP contribution in [0.1, 0.15) is 24.3 Å². The minimum atomic E-state index is -2.94. The Morgan fingerprint density at radius 1 is 1.14 bits per heavy atom. The molecule has 1 amide bonds. The molecule has 0 aliphatic heterocycles. The van der Waals surface area contributed by atoms with E-state index in [2.05, 4.69) is 10.1 Å². The first-order valence-electron chi connectivity index (χ1n) is 8.56. The Kier molecular flexibility index (Phi) is 5.93. The molecule has 0 spiro atoms. The smallest absolute Gasteiger partial charge is 0.387 e. The molecule has 0 saturated heterocycles. The van der Waals surface area contributed by atoms with Crippen molar-refractivity contribution in [2.75, 3.05) is 7.11 Å². The third-order valence-corrected chi connectivity index (χ3v) is 4.06. The van der Waals surface area contributed by atoms with Crippen LogP contribution >= 0.6 is 0 Å². The van der Waals surface area contributed by atoms with E-state index < -0.39 is 6.61 Å². The van der Waals surface area contributed by atoms with E-state index in [4.69, 9.17) is 9.15 Å². The largest absolute Gasteiger partial charge is 0.493 e. The first-order chi connectivity index (χ1) is 13.5. The van der Waals surface area contributed by atoms with Gasteiger partial charge in [0.15, 0.2) is 11.5 Å². The third-order valence-electron chi connectivity index (χ3n) is 4.06. The molecule has 0 aliphatic carbocycles. The first-order valence-corrected chi connectivity index (χ1v) is 8.56. The number of para-hydroxylation sites is 1. The zero-order chi connectivity index (χ0) is 20.1. The minimum absolute atomic E-state index is 0.0717. The highest BCUT2D eigenvalue weighted by atomic mass is 19.3. The number of nitrogens with one attached hydrogen (secondary N) is 1. The van der Waals surface area contributed by atoms with Crippen LogP contribution in [-0.2, 0) is 4.79 Å². The Morgan fingerprint density at radius 3 is 2.64 bits per heavy atom. The van der Waals surface area contributed by atoms with Crippen molar-refractivity contribution in [2.45, 2.75) is 19.6 Å². The quantitative estimate of drug-likeness (QED) is 0.584. The van der Waals surface area contributed by atoms with Crippen LogP contribution < -0.4 is 14.8 Å². The summed E-state index contributed by atoms with van der Waals surface area (Å²) in [5, 5.41) is 3.78. The van der Waals surface area contributed by atoms with Gasteiger partial charge in [-0.2, -0.15) is 8.78 Å². The second-order valence-electron chi connectivity index (χ2n) is 6.04. The number of rotatable bonds is 7. The Bertz CT molecular complexity index is 964. The molecule has 0 fully saturated rings. The average molecular weight is 387 g/mol. The number of halogens is 2. The van der Waals surface area contributed by atoms with Crippen molar-refractivity contribution >= 4 is 23.0 Å². The summed E-state index contributed by atoms with van der Waals surface area (Å²) < 4.78 is 39.9. The predicted octanol–water partition coefficient (Wildman–Crippen LogP) is 4.93. The molecule has 1 heterocycles. The van der Waals surface area contributed by atoms with Crippen molar-refractivity contribution < 1.29 is 27.5 Å². The highest BCUT2D eigenvalue weighted by molar-refractivity contribution is 5.92. The Labute approximate surface area is 160 Å². The molecular formula is C21H19F2NO4. The summed E-state index contributed by atoms with van der Waals surface area (Å²) in [7, 11) is 1.35. The highest BCUT2D eigenvalue weighted by Gasteiger charge is 2.13. The molecule has 28 heavy (non-hydrogen) atoms. The minimum Gasteiger partial charge on any atom is -0.493 e. The molecule has 1 aromatic heterocycles. The second-order valence-corrected chi connectivity index (χ2v) is 6.04. The van der Waals surface area contributed by atoms with Gasteiger partial charge in [-0.1, -0.05) is 24.3 Å². The SMILES string of the molecule is COc1cc(/C=C/C(=O)NC(C)c2cc3ccccc3o2)ccc1OC(F)F. The maximum absolute atomic E-state index is 12.4. The number of methoxy groups -OCH3 is 1. The number of furan rings is 1. The lowest BCUT2D eigenvalue weighted by atomic mass is 10.2. The van der Waals surface area contributed by atoms with Gasteiger partial charge in [0.2, 0.25) is 5.91 Å². The summed E-state index contributed by atoms with van der Waals surface area (Å²) in [6, 6.07) is 13.6. The number of hydrogen-bond donors (Lipinski definition) is 1. The van der Waals surface area contributed by atoms with Gasteiger partial charge in [-0.15, -0.1) is 0 Å². The van der Waals surface area contributed by atoms with Gasteiger partial charge >= 0.3 is 6.61 Å². The van der Waals surface area contributed by atoms with Gasteiger partial charge in [-0.05, 0) is 42.8 Å². The molecule has 2 aromatic carbocycles. The topological polar surface area (TPSA) is 60.7 Å². The molecule has 0 saturated carbocycles. The summed E-state index contributed by atoms with van der Waals surface area (Å²) in [6.45, 7) is -1.12. The molecule has 0 aliphatic rings. The van der Waals surface area contributed by atoms with Crippen molar-refractivity contribution in [3.8, 4) is 11.5 Å². The van der Waals surface area contributed by atoms with Crippen LogP contribution in [0.15, 0.2) is 59.0 Å². The molecule has 0 radical (unpaired) electrons. The fourth-order valence-corrected chi connectivity index (χ4v) is 2.70. The van der Waals surface area contributed by atoms with Crippen LogP contribution in [0.25, 0.3) is 17.0 Å². The first kappa shape index (κ1) is 19.4. The number of fused-ring (bicyclic) bond motifs is 1. The van der Waals surface area contributed by atoms with E-state index in [1.165, 1.54) is 25.3 Å². The van der Waals surface area contributed by atoms with Crippen LogP contribution in [0.3, 0.4) is 0 Å². The lowest BCUT2D eigenvalue weighted by Gasteiger charge is -2.10. The second kappa shape index (κ2) is 8.56. The van der Waals surface area contributed by atoms with Crippen molar-refractivity contribution in [2.24, 2.45) is 0 Å². The lowest BCUT2D eigenvalue weighted by Crippen LogP contribution is -2.24. The fourth-order valence-electron chi connectivity index (χ4n) is 2.70. The van der Waals surface area contributed by atoms with E-state index in [0.29, 0.717) is 11.3 Å². The summed E-state index contributed by atoms with van der Waals surface area (Å²) >= 11 is 0. The van der Waals surface area contributed by atoms with Crippen LogP contribution in [0.2, 0.25) is 0 Å². The third kappa shape index (κ3) is 4.68. The molecule has 3 rings (SSSR count). The number of alkyl halides is 2. The predicted molar refractivity (Wildman–Crippen MR) is 101 cm³/mol. The van der Waals surface area contributed by atoms with Gasteiger partial charge < -0.3 is 19.2 Å². The molecular weight excluding hydrogens is 368 g/mol. The molecule has 0 bridgehead atoms. The van der Waals surface area contributed by atoms with Crippen LogP contribution in [0.5, 0.6) is 11.5 Å². The molecule has 3 aromatic rings. The number of carbonyl (C=O) groups is 1. The van der Waals surface area contributed by atoms with Gasteiger partial charge in [-0.25, -0.2) is 0 Å². The van der Waals surface area contributed by atoms with Gasteiger partial charge in [0, 0.05) is 11.5 Å². The van der Waals surface area contributed by atoms with Crippen molar-refractivity contribution in [1.82, 2.24) is 5.32 Å². The zero-order valence-corrected chi connectivity index (χ0v) is 15.3. The van der Waals surface area contributed by atoms with Crippen LogP contribution in [0, 0.1) is 0 Å². The molecule has 1 N–H and O–H groups in total. The van der Waals surface area contributed by atoms with E-state index in [-0.39, 0.29) is 23.4 Å². The number of ether oxygens (including phenoxy) is 2. The molecule has 5 nitrogen and oxygen atoms in total. The van der Waals surface area contributed by atoms with Crippen molar-refractivity contribution in [1.29, 1.82) is 0 Å². The number of amides is 1. The highest BCUT2D eigenvalue weighted by Crippen LogP contribution is 2.30. The number of benzene rings is 2. The number of carbonyl (C=O) groups excluding carboxylic acids is 1. The van der Waals surface area contributed by atoms with Gasteiger partial charge in [-0.3, -0.25) is 4.79 Å². The molecule has 1 unspecified atom stereocenters.